The molecule has 4 nitrogen and oxygen atoms in total. The van der Waals surface area contributed by atoms with Crippen LogP contribution in [0.2, 0.25) is 0 Å². The number of benzene rings is 1. The highest BCUT2D eigenvalue weighted by Gasteiger charge is 2.24. The van der Waals surface area contributed by atoms with E-state index in [0.717, 1.165) is 16.5 Å². The molecule has 0 saturated carbocycles. The Labute approximate surface area is 128 Å². The lowest BCUT2D eigenvalue weighted by Gasteiger charge is -2.19. The highest BCUT2D eigenvalue weighted by molar-refractivity contribution is 9.10. The summed E-state index contributed by atoms with van der Waals surface area (Å²) in [6.07, 6.45) is 0.710. The molecule has 0 N–H and O–H groups in total. The summed E-state index contributed by atoms with van der Waals surface area (Å²) in [7, 11) is 3.14. The van der Waals surface area contributed by atoms with Gasteiger partial charge in [0, 0.05) is 23.1 Å². The maximum atomic E-state index is 12.1. The highest BCUT2D eigenvalue weighted by Crippen LogP contribution is 2.37. The zero-order valence-corrected chi connectivity index (χ0v) is 14.0. The zero-order chi connectivity index (χ0) is 15.1. The minimum atomic E-state index is -0.575. The molecule has 0 radical (unpaired) electrons. The Bertz CT molecular complexity index is 459. The van der Waals surface area contributed by atoms with Gasteiger partial charge in [0.15, 0.2) is 17.3 Å². The van der Waals surface area contributed by atoms with Crippen LogP contribution < -0.4 is 9.47 Å². The van der Waals surface area contributed by atoms with E-state index in [2.05, 4.69) is 15.9 Å². The minimum Gasteiger partial charge on any atom is -0.493 e. The molecular formula is C15H21BrO4. The van der Waals surface area contributed by atoms with Crippen molar-refractivity contribution in [2.75, 3.05) is 20.8 Å². The van der Waals surface area contributed by atoms with Gasteiger partial charge in [0.1, 0.15) is 6.10 Å². The summed E-state index contributed by atoms with van der Waals surface area (Å²) in [6, 6.07) is 3.58. The van der Waals surface area contributed by atoms with E-state index in [9.17, 15) is 4.79 Å². The maximum absolute atomic E-state index is 12.1. The normalized spacial score (nSPS) is 12.1. The van der Waals surface area contributed by atoms with Gasteiger partial charge in [-0.1, -0.05) is 29.8 Å². The molecule has 0 spiro atoms. The molecule has 112 valence electrons. The Morgan fingerprint density at radius 2 is 1.80 bits per heavy atom. The van der Waals surface area contributed by atoms with E-state index < -0.39 is 6.10 Å². The van der Waals surface area contributed by atoms with Crippen molar-refractivity contribution in [3.05, 3.63) is 22.2 Å². The fraction of sp³-hybridized carbons (Fsp3) is 0.533. The lowest BCUT2D eigenvalue weighted by Crippen LogP contribution is -2.16. The second kappa shape index (κ2) is 8.27. The van der Waals surface area contributed by atoms with Crippen LogP contribution in [-0.4, -0.2) is 26.6 Å². The SMILES string of the molecule is CCCOC(C(=O)CC)c1cc(OC)c(OC)cc1Br. The molecular weight excluding hydrogens is 324 g/mol. The number of ketones is 1. The lowest BCUT2D eigenvalue weighted by molar-refractivity contribution is -0.130. The summed E-state index contributed by atoms with van der Waals surface area (Å²) in [5, 5.41) is 0. The van der Waals surface area contributed by atoms with Crippen molar-refractivity contribution in [1.29, 1.82) is 0 Å². The largest absolute Gasteiger partial charge is 0.493 e. The van der Waals surface area contributed by atoms with Crippen LogP contribution in [0.3, 0.4) is 0 Å². The summed E-state index contributed by atoms with van der Waals surface area (Å²) >= 11 is 3.47. The Morgan fingerprint density at radius 3 is 2.30 bits per heavy atom. The zero-order valence-electron chi connectivity index (χ0n) is 12.4. The van der Waals surface area contributed by atoms with Crippen molar-refractivity contribution < 1.29 is 19.0 Å². The third-order valence-corrected chi connectivity index (χ3v) is 3.60. The number of methoxy groups -OCH3 is 2. The molecule has 5 heteroatoms. The third kappa shape index (κ3) is 3.96. The van der Waals surface area contributed by atoms with Gasteiger partial charge in [-0.3, -0.25) is 4.79 Å². The molecule has 1 unspecified atom stereocenters. The first kappa shape index (κ1) is 17.0. The quantitative estimate of drug-likeness (QED) is 0.717. The van der Waals surface area contributed by atoms with Crippen molar-refractivity contribution in [3.63, 3.8) is 0 Å². The molecule has 0 aliphatic heterocycles. The van der Waals surface area contributed by atoms with E-state index in [1.807, 2.05) is 13.8 Å². The van der Waals surface area contributed by atoms with Gasteiger partial charge in [0.05, 0.1) is 14.2 Å². The van der Waals surface area contributed by atoms with Crippen molar-refractivity contribution in [1.82, 2.24) is 0 Å². The summed E-state index contributed by atoms with van der Waals surface area (Å²) in [4.78, 5) is 12.1. The first-order valence-electron chi connectivity index (χ1n) is 6.64. The monoisotopic (exact) mass is 344 g/mol. The van der Waals surface area contributed by atoms with Gasteiger partial charge in [-0.2, -0.15) is 0 Å². The Hall–Kier alpha value is -1.07. The number of Topliss-reactive ketones (excluding diaryl/α,β-unsaturated/α-hetero) is 1. The van der Waals surface area contributed by atoms with Crippen molar-refractivity contribution in [2.45, 2.75) is 32.8 Å². The number of hydrogen-bond donors (Lipinski definition) is 0. The van der Waals surface area contributed by atoms with Crippen LogP contribution in [0.15, 0.2) is 16.6 Å². The average Bonchev–Trinajstić information content (AvgIpc) is 2.47. The standard InChI is InChI=1S/C15H21BrO4/c1-5-7-20-15(12(17)6-2)10-8-13(18-3)14(19-4)9-11(10)16/h8-9,15H,5-7H2,1-4H3. The molecule has 0 bridgehead atoms. The number of halogens is 1. The molecule has 0 aromatic heterocycles. The van der Waals surface area contributed by atoms with Crippen LogP contribution in [0.1, 0.15) is 38.4 Å². The molecule has 0 heterocycles. The van der Waals surface area contributed by atoms with E-state index in [0.29, 0.717) is 24.5 Å². The second-order valence-corrected chi connectivity index (χ2v) is 5.15. The van der Waals surface area contributed by atoms with E-state index in [-0.39, 0.29) is 5.78 Å². The van der Waals surface area contributed by atoms with E-state index in [4.69, 9.17) is 14.2 Å². The number of ether oxygens (including phenoxy) is 3. The molecule has 1 atom stereocenters. The molecule has 0 fully saturated rings. The van der Waals surface area contributed by atoms with Crippen LogP contribution in [0, 0.1) is 0 Å². The molecule has 1 aromatic rings. The Morgan fingerprint density at radius 1 is 1.20 bits per heavy atom. The topological polar surface area (TPSA) is 44.8 Å². The number of carbonyl (C=O) groups excluding carboxylic acids is 1. The van der Waals surface area contributed by atoms with E-state index in [1.54, 1.807) is 26.4 Å². The minimum absolute atomic E-state index is 0.0476. The van der Waals surface area contributed by atoms with Gasteiger partial charge in [-0.15, -0.1) is 0 Å². The van der Waals surface area contributed by atoms with Crippen molar-refractivity contribution >= 4 is 21.7 Å². The highest BCUT2D eigenvalue weighted by atomic mass is 79.9. The molecule has 20 heavy (non-hydrogen) atoms. The van der Waals surface area contributed by atoms with Gasteiger partial charge in [0.25, 0.3) is 0 Å². The summed E-state index contributed by atoms with van der Waals surface area (Å²) in [5.74, 6) is 1.24. The third-order valence-electron chi connectivity index (χ3n) is 2.91. The molecule has 1 aromatic carbocycles. The first-order chi connectivity index (χ1) is 9.58. The van der Waals surface area contributed by atoms with Gasteiger partial charge in [-0.25, -0.2) is 0 Å². The predicted molar refractivity (Wildman–Crippen MR) is 81.5 cm³/mol. The van der Waals surface area contributed by atoms with Crippen LogP contribution in [0.25, 0.3) is 0 Å². The van der Waals surface area contributed by atoms with Gasteiger partial charge in [-0.05, 0) is 18.6 Å². The molecule has 0 saturated heterocycles. The van der Waals surface area contributed by atoms with Gasteiger partial charge < -0.3 is 14.2 Å². The fourth-order valence-corrected chi connectivity index (χ4v) is 2.38. The molecule has 1 rings (SSSR count). The first-order valence-corrected chi connectivity index (χ1v) is 7.44. The number of hydrogen-bond acceptors (Lipinski definition) is 4. The van der Waals surface area contributed by atoms with Gasteiger partial charge in [0.2, 0.25) is 0 Å². The molecule has 0 aliphatic rings. The predicted octanol–water partition coefficient (Wildman–Crippen LogP) is 3.91. The number of rotatable bonds is 8. The number of carbonyl (C=O) groups is 1. The van der Waals surface area contributed by atoms with Crippen LogP contribution in [0.4, 0.5) is 0 Å². The smallest absolute Gasteiger partial charge is 0.165 e. The van der Waals surface area contributed by atoms with E-state index in [1.165, 1.54) is 0 Å². The Balaban J connectivity index is 3.21. The van der Waals surface area contributed by atoms with Crippen molar-refractivity contribution in [3.8, 4) is 11.5 Å². The van der Waals surface area contributed by atoms with Gasteiger partial charge >= 0.3 is 0 Å². The summed E-state index contributed by atoms with van der Waals surface area (Å²) < 4.78 is 17.0. The van der Waals surface area contributed by atoms with Crippen molar-refractivity contribution in [2.24, 2.45) is 0 Å². The Kier molecular flexibility index (Phi) is 7.02. The second-order valence-electron chi connectivity index (χ2n) is 4.30. The lowest BCUT2D eigenvalue weighted by atomic mass is 10.0. The van der Waals surface area contributed by atoms with Crippen LogP contribution in [-0.2, 0) is 9.53 Å². The fourth-order valence-electron chi connectivity index (χ4n) is 1.85. The maximum Gasteiger partial charge on any atom is 0.165 e. The summed E-state index contributed by atoms with van der Waals surface area (Å²) in [6.45, 7) is 4.38. The summed E-state index contributed by atoms with van der Waals surface area (Å²) in [5.41, 5.74) is 0.767. The van der Waals surface area contributed by atoms with E-state index >= 15 is 0 Å². The van der Waals surface area contributed by atoms with Crippen LogP contribution >= 0.6 is 15.9 Å². The van der Waals surface area contributed by atoms with Crippen LogP contribution in [0.5, 0.6) is 11.5 Å². The average molecular weight is 345 g/mol. The molecule has 0 amide bonds. The molecule has 0 aliphatic carbocycles.